The Kier molecular flexibility index (Phi) is 3.83. The molecule has 0 radical (unpaired) electrons. The maximum atomic E-state index is 13.9. The van der Waals surface area contributed by atoms with Crippen molar-refractivity contribution in [3.8, 4) is 0 Å². The highest BCUT2D eigenvalue weighted by molar-refractivity contribution is 6.02. The molecule has 0 unspecified atom stereocenters. The van der Waals surface area contributed by atoms with E-state index in [1.807, 2.05) is 0 Å². The van der Waals surface area contributed by atoms with E-state index in [4.69, 9.17) is 15.3 Å². The number of halogens is 2. The highest BCUT2D eigenvalue weighted by Crippen LogP contribution is 2.26. The van der Waals surface area contributed by atoms with Crippen LogP contribution in [0.4, 0.5) is 8.78 Å². The zero-order valence-corrected chi connectivity index (χ0v) is 9.53. The molecule has 0 saturated heterocycles. The van der Waals surface area contributed by atoms with Crippen molar-refractivity contribution in [1.82, 2.24) is 0 Å². The van der Waals surface area contributed by atoms with E-state index in [9.17, 15) is 23.2 Å². The van der Waals surface area contributed by atoms with Gasteiger partial charge in [0.15, 0.2) is 0 Å². The maximum absolute atomic E-state index is 13.9. The number of aliphatic carboxylic acids is 1. The standard InChI is InChI=1S/C11H8F2O6/c1-3-4(2-5(14)15)9(13)7(11(18)19)6(8(3)12)10(16)17/h2H2,1H3,(H,14,15)(H,16,17)(H,18,19). The van der Waals surface area contributed by atoms with Crippen molar-refractivity contribution in [2.75, 3.05) is 0 Å². The minimum Gasteiger partial charge on any atom is -0.481 e. The number of carboxylic acid groups (broad SMARTS) is 3. The second kappa shape index (κ2) is 5.01. The summed E-state index contributed by atoms with van der Waals surface area (Å²) in [5.41, 5.74) is -3.93. The number of aromatic carboxylic acids is 2. The molecular formula is C11H8F2O6. The van der Waals surface area contributed by atoms with Crippen LogP contribution in [0.15, 0.2) is 0 Å². The average molecular weight is 274 g/mol. The lowest BCUT2D eigenvalue weighted by Crippen LogP contribution is -2.18. The SMILES string of the molecule is Cc1c(F)c(C(=O)O)c(C(=O)O)c(F)c1CC(=O)O. The fourth-order valence-corrected chi connectivity index (χ4v) is 1.62. The molecule has 1 aromatic rings. The van der Waals surface area contributed by atoms with Crippen LogP contribution in [0.25, 0.3) is 0 Å². The molecular weight excluding hydrogens is 266 g/mol. The molecule has 0 aliphatic heterocycles. The van der Waals surface area contributed by atoms with Crippen LogP contribution in [-0.2, 0) is 11.2 Å². The fourth-order valence-electron chi connectivity index (χ4n) is 1.62. The second-order valence-corrected chi connectivity index (χ2v) is 3.66. The minimum atomic E-state index is -1.99. The minimum absolute atomic E-state index is 0.540. The Morgan fingerprint density at radius 1 is 0.947 bits per heavy atom. The van der Waals surface area contributed by atoms with Crippen molar-refractivity contribution < 1.29 is 38.5 Å². The van der Waals surface area contributed by atoms with E-state index < -0.39 is 58.2 Å². The number of benzene rings is 1. The monoisotopic (exact) mass is 274 g/mol. The Morgan fingerprint density at radius 3 is 1.74 bits per heavy atom. The van der Waals surface area contributed by atoms with Crippen molar-refractivity contribution in [1.29, 1.82) is 0 Å². The first kappa shape index (κ1) is 14.6. The van der Waals surface area contributed by atoms with Crippen molar-refractivity contribution in [2.45, 2.75) is 13.3 Å². The van der Waals surface area contributed by atoms with Gasteiger partial charge in [0.25, 0.3) is 0 Å². The summed E-state index contributed by atoms with van der Waals surface area (Å²) in [6, 6.07) is 0. The van der Waals surface area contributed by atoms with Gasteiger partial charge in [-0.3, -0.25) is 4.79 Å². The molecule has 0 aliphatic carbocycles. The Bertz CT molecular complexity index is 594. The molecule has 8 heteroatoms. The van der Waals surface area contributed by atoms with Crippen LogP contribution in [0, 0.1) is 18.6 Å². The molecule has 0 fully saturated rings. The number of rotatable bonds is 4. The Hall–Kier alpha value is -2.51. The van der Waals surface area contributed by atoms with E-state index in [1.165, 1.54) is 0 Å². The molecule has 102 valence electrons. The highest BCUT2D eigenvalue weighted by Gasteiger charge is 2.30. The molecule has 0 amide bonds. The van der Waals surface area contributed by atoms with Crippen LogP contribution in [0.5, 0.6) is 0 Å². The van der Waals surface area contributed by atoms with Crippen molar-refractivity contribution in [3.63, 3.8) is 0 Å². The molecule has 0 heterocycles. The van der Waals surface area contributed by atoms with E-state index in [0.717, 1.165) is 6.92 Å². The predicted octanol–water partition coefficient (Wildman–Crippen LogP) is 1.30. The number of carboxylic acids is 3. The van der Waals surface area contributed by atoms with Gasteiger partial charge in [-0.25, -0.2) is 18.4 Å². The van der Waals surface area contributed by atoms with Gasteiger partial charge < -0.3 is 15.3 Å². The van der Waals surface area contributed by atoms with E-state index in [2.05, 4.69) is 0 Å². The second-order valence-electron chi connectivity index (χ2n) is 3.66. The van der Waals surface area contributed by atoms with Gasteiger partial charge in [-0.1, -0.05) is 0 Å². The Balaban J connectivity index is 3.78. The molecule has 0 atom stereocenters. The highest BCUT2D eigenvalue weighted by atomic mass is 19.1. The molecule has 6 nitrogen and oxygen atoms in total. The molecule has 1 rings (SSSR count). The van der Waals surface area contributed by atoms with E-state index >= 15 is 0 Å². The van der Waals surface area contributed by atoms with Crippen LogP contribution in [0.3, 0.4) is 0 Å². The first-order valence-corrected chi connectivity index (χ1v) is 4.87. The Labute approximate surface area is 104 Å². The van der Waals surface area contributed by atoms with E-state index in [-0.39, 0.29) is 0 Å². The summed E-state index contributed by atoms with van der Waals surface area (Å²) in [5, 5.41) is 26.0. The first-order chi connectivity index (χ1) is 8.68. The molecule has 0 saturated carbocycles. The fraction of sp³-hybridized carbons (Fsp3) is 0.182. The van der Waals surface area contributed by atoms with Crippen molar-refractivity contribution in [3.05, 3.63) is 33.9 Å². The molecule has 0 bridgehead atoms. The van der Waals surface area contributed by atoms with Gasteiger partial charge in [-0.2, -0.15) is 0 Å². The number of carbonyl (C=O) groups is 3. The lowest BCUT2D eigenvalue weighted by molar-refractivity contribution is -0.136. The summed E-state index contributed by atoms with van der Waals surface area (Å²) in [4.78, 5) is 32.2. The molecule has 0 aliphatic rings. The molecule has 0 spiro atoms. The average Bonchev–Trinajstić information content (AvgIpc) is 2.27. The van der Waals surface area contributed by atoms with Gasteiger partial charge in [0.05, 0.1) is 6.42 Å². The summed E-state index contributed by atoms with van der Waals surface area (Å²) < 4.78 is 27.6. The largest absolute Gasteiger partial charge is 0.481 e. The van der Waals surface area contributed by atoms with Gasteiger partial charge >= 0.3 is 17.9 Å². The summed E-state index contributed by atoms with van der Waals surface area (Å²) in [6.45, 7) is 0.981. The van der Waals surface area contributed by atoms with Crippen molar-refractivity contribution >= 4 is 17.9 Å². The van der Waals surface area contributed by atoms with Gasteiger partial charge in [-0.05, 0) is 12.5 Å². The van der Waals surface area contributed by atoms with E-state index in [0.29, 0.717) is 0 Å². The Morgan fingerprint density at radius 2 is 1.37 bits per heavy atom. The van der Waals surface area contributed by atoms with Crippen LogP contribution >= 0.6 is 0 Å². The smallest absolute Gasteiger partial charge is 0.339 e. The molecule has 0 aromatic heterocycles. The zero-order chi connectivity index (χ0) is 14.9. The summed E-state index contributed by atoms with van der Waals surface area (Å²) >= 11 is 0. The van der Waals surface area contributed by atoms with Gasteiger partial charge in [0, 0.05) is 5.56 Å². The lowest BCUT2D eigenvalue weighted by atomic mass is 9.95. The van der Waals surface area contributed by atoms with Gasteiger partial charge in [0.1, 0.15) is 22.8 Å². The van der Waals surface area contributed by atoms with Gasteiger partial charge in [-0.15, -0.1) is 0 Å². The third-order valence-corrected chi connectivity index (χ3v) is 2.49. The molecule has 19 heavy (non-hydrogen) atoms. The molecule has 1 aromatic carbocycles. The number of hydrogen-bond acceptors (Lipinski definition) is 3. The summed E-state index contributed by atoms with van der Waals surface area (Å²) in [7, 11) is 0. The number of hydrogen-bond donors (Lipinski definition) is 3. The lowest BCUT2D eigenvalue weighted by Gasteiger charge is -2.12. The zero-order valence-electron chi connectivity index (χ0n) is 9.53. The topological polar surface area (TPSA) is 112 Å². The third-order valence-electron chi connectivity index (χ3n) is 2.49. The normalized spacial score (nSPS) is 10.3. The first-order valence-electron chi connectivity index (χ1n) is 4.87. The van der Waals surface area contributed by atoms with Gasteiger partial charge in [0.2, 0.25) is 0 Å². The summed E-state index contributed by atoms with van der Waals surface area (Å²) in [5.74, 6) is -8.44. The predicted molar refractivity (Wildman–Crippen MR) is 56.4 cm³/mol. The van der Waals surface area contributed by atoms with Crippen LogP contribution in [0.1, 0.15) is 31.8 Å². The third kappa shape index (κ3) is 2.51. The van der Waals surface area contributed by atoms with Crippen LogP contribution in [0.2, 0.25) is 0 Å². The summed E-state index contributed by atoms with van der Waals surface area (Å²) in [6.07, 6.45) is -0.950. The molecule has 3 N–H and O–H groups in total. The maximum Gasteiger partial charge on any atom is 0.339 e. The quantitative estimate of drug-likeness (QED) is 0.762. The van der Waals surface area contributed by atoms with Crippen molar-refractivity contribution in [2.24, 2.45) is 0 Å². The van der Waals surface area contributed by atoms with E-state index in [1.54, 1.807) is 0 Å². The van der Waals surface area contributed by atoms with Crippen LogP contribution < -0.4 is 0 Å². The van der Waals surface area contributed by atoms with Crippen LogP contribution in [-0.4, -0.2) is 33.2 Å².